The van der Waals surface area contributed by atoms with Crippen LogP contribution in [0.1, 0.15) is 35.0 Å². The molecule has 0 aliphatic carbocycles. The predicted molar refractivity (Wildman–Crippen MR) is 98.0 cm³/mol. The maximum atomic E-state index is 12.3. The molecular weight excluding hydrogens is 320 g/mol. The van der Waals surface area contributed by atoms with E-state index in [0.717, 1.165) is 42.3 Å². The van der Waals surface area contributed by atoms with Gasteiger partial charge in [-0.15, -0.1) is 0 Å². The van der Waals surface area contributed by atoms with Crippen LogP contribution in [-0.2, 0) is 17.0 Å². The van der Waals surface area contributed by atoms with Crippen LogP contribution in [0.5, 0.6) is 0 Å². The van der Waals surface area contributed by atoms with Crippen molar-refractivity contribution in [3.63, 3.8) is 0 Å². The molecule has 24 heavy (non-hydrogen) atoms. The van der Waals surface area contributed by atoms with E-state index in [0.29, 0.717) is 6.54 Å². The molecule has 1 aliphatic rings. The van der Waals surface area contributed by atoms with E-state index in [1.54, 1.807) is 6.33 Å². The quantitative estimate of drug-likeness (QED) is 0.674. The number of hydrogen-bond donors (Lipinski definition) is 3. The van der Waals surface area contributed by atoms with Gasteiger partial charge < -0.3 is 15.6 Å². The van der Waals surface area contributed by atoms with E-state index in [4.69, 9.17) is 0 Å². The second-order valence-corrected chi connectivity index (χ2v) is 7.19. The smallest absolute Gasteiger partial charge is 0.243 e. The van der Waals surface area contributed by atoms with Crippen molar-refractivity contribution in [2.75, 3.05) is 18.8 Å². The lowest BCUT2D eigenvalue weighted by atomic mass is 10.1. The van der Waals surface area contributed by atoms with Gasteiger partial charge in [0.25, 0.3) is 0 Å². The molecule has 1 aromatic heterocycles. The van der Waals surface area contributed by atoms with Crippen molar-refractivity contribution < 1.29 is 4.79 Å². The summed E-state index contributed by atoms with van der Waals surface area (Å²) >= 11 is 1.91. The average Bonchev–Trinajstić information content (AvgIpc) is 3.06. The van der Waals surface area contributed by atoms with Crippen LogP contribution in [0.2, 0.25) is 0 Å². The highest BCUT2D eigenvalue weighted by Gasteiger charge is 2.27. The molecule has 0 unspecified atom stereocenters. The Morgan fingerprint density at radius 2 is 2.38 bits per heavy atom. The SMILES string of the molecule is Cc1cccc(CSCCCNC(=O)[C@H]2NCCc3[nH]cnc32)c1. The topological polar surface area (TPSA) is 69.8 Å². The van der Waals surface area contributed by atoms with E-state index in [1.165, 1.54) is 11.1 Å². The molecule has 2 heterocycles. The fourth-order valence-corrected chi connectivity index (χ4v) is 3.82. The van der Waals surface area contributed by atoms with E-state index < -0.39 is 0 Å². The van der Waals surface area contributed by atoms with Crippen molar-refractivity contribution in [2.24, 2.45) is 0 Å². The highest BCUT2D eigenvalue weighted by atomic mass is 32.2. The molecule has 0 saturated carbocycles. The van der Waals surface area contributed by atoms with Crippen LogP contribution in [-0.4, -0.2) is 34.7 Å². The number of aryl methyl sites for hydroxylation is 1. The minimum Gasteiger partial charge on any atom is -0.354 e. The number of aromatic nitrogens is 2. The highest BCUT2D eigenvalue weighted by Crippen LogP contribution is 2.19. The number of benzene rings is 1. The number of carbonyl (C=O) groups is 1. The molecule has 1 amide bonds. The van der Waals surface area contributed by atoms with Gasteiger partial charge in [-0.05, 0) is 24.7 Å². The predicted octanol–water partition coefficient (Wildman–Crippen LogP) is 2.34. The van der Waals surface area contributed by atoms with E-state index >= 15 is 0 Å². The summed E-state index contributed by atoms with van der Waals surface area (Å²) in [6.07, 6.45) is 3.54. The van der Waals surface area contributed by atoms with Gasteiger partial charge in [0.1, 0.15) is 6.04 Å². The molecule has 3 N–H and O–H groups in total. The second-order valence-electron chi connectivity index (χ2n) is 6.09. The minimum absolute atomic E-state index is 0.0201. The van der Waals surface area contributed by atoms with Gasteiger partial charge in [0.2, 0.25) is 5.91 Å². The Morgan fingerprint density at radius 3 is 3.25 bits per heavy atom. The third kappa shape index (κ3) is 4.39. The summed E-state index contributed by atoms with van der Waals surface area (Å²) < 4.78 is 0. The van der Waals surface area contributed by atoms with Gasteiger partial charge in [-0.2, -0.15) is 11.8 Å². The van der Waals surface area contributed by atoms with E-state index in [2.05, 4.69) is 51.8 Å². The van der Waals surface area contributed by atoms with Crippen LogP contribution < -0.4 is 10.6 Å². The number of imidazole rings is 1. The fraction of sp³-hybridized carbons (Fsp3) is 0.444. The van der Waals surface area contributed by atoms with Gasteiger partial charge in [0.15, 0.2) is 0 Å². The van der Waals surface area contributed by atoms with Crippen LogP contribution in [0.25, 0.3) is 0 Å². The molecule has 0 spiro atoms. The van der Waals surface area contributed by atoms with E-state index in [9.17, 15) is 4.79 Å². The molecule has 1 atom stereocenters. The maximum absolute atomic E-state index is 12.3. The molecule has 5 nitrogen and oxygen atoms in total. The number of fused-ring (bicyclic) bond motifs is 1. The molecule has 0 radical (unpaired) electrons. The second kappa shape index (κ2) is 8.35. The Balaban J connectivity index is 1.35. The van der Waals surface area contributed by atoms with E-state index in [-0.39, 0.29) is 11.9 Å². The third-order valence-electron chi connectivity index (χ3n) is 4.13. The fourth-order valence-electron chi connectivity index (χ4n) is 2.92. The Bertz CT molecular complexity index is 685. The number of nitrogens with one attached hydrogen (secondary N) is 3. The van der Waals surface area contributed by atoms with Crippen molar-refractivity contribution in [1.82, 2.24) is 20.6 Å². The molecule has 2 aromatic rings. The number of amides is 1. The van der Waals surface area contributed by atoms with Crippen molar-refractivity contribution in [3.8, 4) is 0 Å². The van der Waals surface area contributed by atoms with Crippen LogP contribution in [0.3, 0.4) is 0 Å². The summed E-state index contributed by atoms with van der Waals surface area (Å²) in [6, 6.07) is 8.29. The minimum atomic E-state index is -0.319. The lowest BCUT2D eigenvalue weighted by molar-refractivity contribution is -0.123. The first-order chi connectivity index (χ1) is 11.7. The van der Waals surface area contributed by atoms with Crippen molar-refractivity contribution in [1.29, 1.82) is 0 Å². The largest absolute Gasteiger partial charge is 0.354 e. The van der Waals surface area contributed by atoms with Gasteiger partial charge in [-0.1, -0.05) is 29.8 Å². The summed E-state index contributed by atoms with van der Waals surface area (Å²) in [4.78, 5) is 19.7. The Hall–Kier alpha value is -1.79. The zero-order valence-corrected chi connectivity index (χ0v) is 14.8. The number of hydrogen-bond acceptors (Lipinski definition) is 4. The Labute approximate surface area is 147 Å². The molecule has 0 bridgehead atoms. The number of H-pyrrole nitrogens is 1. The van der Waals surface area contributed by atoms with Crippen LogP contribution in [0.15, 0.2) is 30.6 Å². The monoisotopic (exact) mass is 344 g/mol. The zero-order valence-electron chi connectivity index (χ0n) is 14.0. The van der Waals surface area contributed by atoms with Crippen LogP contribution >= 0.6 is 11.8 Å². The lowest BCUT2D eigenvalue weighted by Gasteiger charge is -2.22. The number of aromatic amines is 1. The molecule has 1 aliphatic heterocycles. The average molecular weight is 344 g/mol. The number of nitrogens with zero attached hydrogens (tertiary/aromatic N) is 1. The summed E-state index contributed by atoms with van der Waals surface area (Å²) in [5, 5.41) is 6.26. The van der Waals surface area contributed by atoms with Gasteiger partial charge in [0, 0.05) is 31.0 Å². The lowest BCUT2D eigenvalue weighted by Crippen LogP contribution is -2.41. The van der Waals surface area contributed by atoms with E-state index in [1.807, 2.05) is 11.8 Å². The molecule has 0 saturated heterocycles. The van der Waals surface area contributed by atoms with Gasteiger partial charge >= 0.3 is 0 Å². The normalized spacial score (nSPS) is 16.6. The van der Waals surface area contributed by atoms with Crippen molar-refractivity contribution >= 4 is 17.7 Å². The standard InChI is InChI=1S/C18H24N4OS/c1-13-4-2-5-14(10-13)11-24-9-3-7-20-18(23)17-16-15(6-8-19-17)21-12-22-16/h2,4-5,10,12,17,19H,3,6-9,11H2,1H3,(H,20,23)(H,21,22)/t17-/m0/s1. The summed E-state index contributed by atoms with van der Waals surface area (Å²) in [5.41, 5.74) is 4.58. The van der Waals surface area contributed by atoms with Crippen LogP contribution in [0.4, 0.5) is 0 Å². The number of carbonyl (C=O) groups excluding carboxylic acids is 1. The first kappa shape index (κ1) is 17.0. The number of rotatable bonds is 7. The Morgan fingerprint density at radius 1 is 1.46 bits per heavy atom. The van der Waals surface area contributed by atoms with Crippen LogP contribution in [0, 0.1) is 6.92 Å². The first-order valence-electron chi connectivity index (χ1n) is 8.40. The molecule has 6 heteroatoms. The van der Waals surface area contributed by atoms with Gasteiger partial charge in [0.05, 0.1) is 12.0 Å². The molecule has 1 aromatic carbocycles. The van der Waals surface area contributed by atoms with Crippen molar-refractivity contribution in [2.45, 2.75) is 31.6 Å². The summed E-state index contributed by atoms with van der Waals surface area (Å²) in [7, 11) is 0. The van der Waals surface area contributed by atoms with Crippen molar-refractivity contribution in [3.05, 3.63) is 53.1 Å². The Kier molecular flexibility index (Phi) is 5.93. The highest BCUT2D eigenvalue weighted by molar-refractivity contribution is 7.98. The van der Waals surface area contributed by atoms with Gasteiger partial charge in [-0.25, -0.2) is 4.98 Å². The maximum Gasteiger partial charge on any atom is 0.243 e. The third-order valence-corrected chi connectivity index (χ3v) is 5.24. The number of thioether (sulfide) groups is 1. The van der Waals surface area contributed by atoms with Gasteiger partial charge in [-0.3, -0.25) is 4.79 Å². The summed E-state index contributed by atoms with van der Waals surface area (Å²) in [5.74, 6) is 2.09. The summed E-state index contributed by atoms with van der Waals surface area (Å²) in [6.45, 7) is 3.63. The molecule has 3 rings (SSSR count). The molecule has 0 fully saturated rings. The molecular formula is C18H24N4OS. The zero-order chi connectivity index (χ0) is 16.8. The first-order valence-corrected chi connectivity index (χ1v) is 9.56. The molecule has 128 valence electrons.